The van der Waals surface area contributed by atoms with Crippen LogP contribution in [0.5, 0.6) is 11.5 Å². The molecule has 38 heavy (non-hydrogen) atoms. The average Bonchev–Trinajstić information content (AvgIpc) is 3.44. The Morgan fingerprint density at radius 3 is 2.05 bits per heavy atom. The number of aromatic amines is 1. The fourth-order valence-corrected chi connectivity index (χ4v) is 4.75. The summed E-state index contributed by atoms with van der Waals surface area (Å²) in [4.78, 5) is 14.7. The molecule has 1 aliphatic rings. The van der Waals surface area contributed by atoms with Gasteiger partial charge >= 0.3 is 0 Å². The van der Waals surface area contributed by atoms with E-state index in [0.717, 1.165) is 28.3 Å². The minimum Gasteiger partial charge on any atom is -0.457 e. The Morgan fingerprint density at radius 1 is 0.763 bits per heavy atom. The maximum Gasteiger partial charge on any atom is 0.207 e. The Labute approximate surface area is 221 Å². The fraction of sp³-hybridized carbons (Fsp3) is 0.0968. The van der Waals surface area contributed by atoms with Crippen LogP contribution in [0.1, 0.15) is 16.8 Å². The lowest BCUT2D eigenvalue weighted by atomic mass is 9.93. The summed E-state index contributed by atoms with van der Waals surface area (Å²) in [6.07, 6.45) is 2.18. The number of anilines is 1. The van der Waals surface area contributed by atoms with Crippen molar-refractivity contribution in [2.45, 2.75) is 18.6 Å². The molecule has 188 valence electrons. The van der Waals surface area contributed by atoms with E-state index in [2.05, 4.69) is 39.6 Å². The van der Waals surface area contributed by atoms with Crippen molar-refractivity contribution in [2.24, 2.45) is 10.7 Å². The molecule has 5 aromatic rings. The van der Waals surface area contributed by atoms with Gasteiger partial charge in [0.2, 0.25) is 5.96 Å². The predicted octanol–water partition coefficient (Wildman–Crippen LogP) is 5.85. The van der Waals surface area contributed by atoms with Gasteiger partial charge in [-0.15, -0.1) is 0 Å². The smallest absolute Gasteiger partial charge is 0.207 e. The first-order valence-electron chi connectivity index (χ1n) is 12.6. The zero-order valence-electron chi connectivity index (χ0n) is 20.8. The molecule has 7 nitrogen and oxygen atoms in total. The van der Waals surface area contributed by atoms with Crippen LogP contribution in [-0.2, 0) is 18.6 Å². The number of para-hydroxylation sites is 1. The molecule has 0 fully saturated rings. The molecule has 0 radical (unpaired) electrons. The minimum atomic E-state index is -1.00. The van der Waals surface area contributed by atoms with E-state index in [1.807, 2.05) is 95.9 Å². The number of benzene rings is 4. The summed E-state index contributed by atoms with van der Waals surface area (Å²) in [5.41, 5.74) is 10.1. The van der Waals surface area contributed by atoms with Crippen LogP contribution in [0, 0.1) is 0 Å². The number of ether oxygens (including phenoxy) is 1. The number of hydrogen-bond donors (Lipinski definition) is 3. The van der Waals surface area contributed by atoms with Gasteiger partial charge in [0.15, 0.2) is 5.82 Å². The van der Waals surface area contributed by atoms with Gasteiger partial charge in [-0.05, 0) is 47.5 Å². The van der Waals surface area contributed by atoms with Crippen molar-refractivity contribution < 1.29 is 4.74 Å². The first-order valence-corrected chi connectivity index (χ1v) is 12.6. The van der Waals surface area contributed by atoms with Crippen LogP contribution in [0.2, 0.25) is 0 Å². The molecule has 1 aromatic heterocycles. The van der Waals surface area contributed by atoms with Crippen molar-refractivity contribution in [3.63, 3.8) is 0 Å². The van der Waals surface area contributed by atoms with Crippen LogP contribution in [0.25, 0.3) is 0 Å². The highest BCUT2D eigenvalue weighted by Gasteiger charge is 2.44. The van der Waals surface area contributed by atoms with E-state index in [0.29, 0.717) is 30.4 Å². The largest absolute Gasteiger partial charge is 0.457 e. The first kappa shape index (κ1) is 23.5. The van der Waals surface area contributed by atoms with Crippen LogP contribution in [0.15, 0.2) is 127 Å². The molecule has 4 N–H and O–H groups in total. The molecule has 0 spiro atoms. The fourth-order valence-electron chi connectivity index (χ4n) is 4.75. The van der Waals surface area contributed by atoms with E-state index in [1.54, 1.807) is 6.33 Å². The van der Waals surface area contributed by atoms with Gasteiger partial charge in [0.1, 0.15) is 22.9 Å². The van der Waals surface area contributed by atoms with Gasteiger partial charge in [-0.2, -0.15) is 4.99 Å². The number of imidazole rings is 1. The first-order chi connectivity index (χ1) is 18.7. The molecule has 0 bridgehead atoms. The van der Waals surface area contributed by atoms with E-state index < -0.39 is 5.66 Å². The lowest BCUT2D eigenvalue weighted by Gasteiger charge is -2.44. The second-order valence-electron chi connectivity index (χ2n) is 9.21. The summed E-state index contributed by atoms with van der Waals surface area (Å²) in [5.74, 6) is 2.81. The summed E-state index contributed by atoms with van der Waals surface area (Å²) in [5, 5.41) is 3.53. The molecule has 7 heteroatoms. The van der Waals surface area contributed by atoms with Crippen LogP contribution in [0.4, 0.5) is 11.5 Å². The van der Waals surface area contributed by atoms with Gasteiger partial charge in [0, 0.05) is 18.7 Å². The number of nitrogens with one attached hydrogen (secondary N) is 2. The third kappa shape index (κ3) is 4.75. The maximum atomic E-state index is 7.34. The Hall–Kier alpha value is -4.88. The van der Waals surface area contributed by atoms with Gasteiger partial charge in [0.05, 0.1) is 6.33 Å². The predicted molar refractivity (Wildman–Crippen MR) is 150 cm³/mol. The quantitative estimate of drug-likeness (QED) is 0.261. The standard InChI is InChI=1S/C31H28N6O/c32-31(20-23-10-4-1-5-11-23)28-29(35-22-34-28)36-30(33-21-24-12-6-2-7-13-24)37(31)25-16-18-27(19-17-25)38-26-14-8-3-9-15-26/h1-19,22H,20-21,32H2,(H,33,36)(H,34,35). The summed E-state index contributed by atoms with van der Waals surface area (Å²) in [6.45, 7) is 0.594. The van der Waals surface area contributed by atoms with E-state index in [9.17, 15) is 0 Å². The van der Waals surface area contributed by atoms with Crippen LogP contribution in [-0.4, -0.2) is 15.9 Å². The molecular formula is C31H28N6O. The van der Waals surface area contributed by atoms with Crippen LogP contribution < -0.4 is 20.7 Å². The van der Waals surface area contributed by atoms with Gasteiger partial charge in [0.25, 0.3) is 0 Å². The summed E-state index contributed by atoms with van der Waals surface area (Å²) in [6, 6.07) is 38.1. The highest BCUT2D eigenvalue weighted by Crippen LogP contribution is 2.39. The highest BCUT2D eigenvalue weighted by molar-refractivity contribution is 6.00. The van der Waals surface area contributed by atoms with Crippen molar-refractivity contribution >= 4 is 17.5 Å². The molecule has 1 aliphatic heterocycles. The second kappa shape index (κ2) is 10.2. The Bertz CT molecular complexity index is 1520. The summed E-state index contributed by atoms with van der Waals surface area (Å²) >= 11 is 0. The molecule has 2 heterocycles. The topological polar surface area (TPSA) is 91.6 Å². The normalized spacial score (nSPS) is 16.4. The van der Waals surface area contributed by atoms with Crippen LogP contribution >= 0.6 is 0 Å². The minimum absolute atomic E-state index is 0.528. The number of aromatic nitrogens is 2. The van der Waals surface area contributed by atoms with Gasteiger partial charge in [-0.3, -0.25) is 4.90 Å². The lowest BCUT2D eigenvalue weighted by molar-refractivity contribution is 0.436. The van der Waals surface area contributed by atoms with Gasteiger partial charge < -0.3 is 20.8 Å². The average molecular weight is 501 g/mol. The second-order valence-corrected chi connectivity index (χ2v) is 9.21. The van der Waals surface area contributed by atoms with Gasteiger partial charge in [-0.25, -0.2) is 4.98 Å². The Balaban J connectivity index is 1.39. The number of hydrogen-bond acceptors (Lipinski definition) is 6. The third-order valence-electron chi connectivity index (χ3n) is 6.54. The summed E-state index contributed by atoms with van der Waals surface area (Å²) in [7, 11) is 0. The number of aliphatic imine (C=N–C) groups is 1. The molecule has 0 aliphatic carbocycles. The molecule has 1 unspecified atom stereocenters. The molecule has 0 amide bonds. The lowest BCUT2D eigenvalue weighted by Crippen LogP contribution is -2.62. The summed E-state index contributed by atoms with van der Waals surface area (Å²) < 4.78 is 6.03. The van der Waals surface area contributed by atoms with E-state index in [1.165, 1.54) is 0 Å². The molecule has 0 saturated carbocycles. The number of fused-ring (bicyclic) bond motifs is 1. The van der Waals surface area contributed by atoms with Crippen molar-refractivity contribution in [3.8, 4) is 11.5 Å². The van der Waals surface area contributed by atoms with Gasteiger partial charge in [-0.1, -0.05) is 78.9 Å². The molecule has 0 saturated heterocycles. The van der Waals surface area contributed by atoms with Crippen LogP contribution in [0.3, 0.4) is 0 Å². The highest BCUT2D eigenvalue weighted by atomic mass is 16.5. The van der Waals surface area contributed by atoms with Crippen molar-refractivity contribution in [3.05, 3.63) is 138 Å². The number of H-pyrrole nitrogens is 1. The van der Waals surface area contributed by atoms with Crippen molar-refractivity contribution in [1.29, 1.82) is 0 Å². The Kier molecular flexibility index (Phi) is 6.34. The van der Waals surface area contributed by atoms with E-state index >= 15 is 0 Å². The maximum absolute atomic E-state index is 7.34. The van der Waals surface area contributed by atoms with E-state index in [-0.39, 0.29) is 0 Å². The zero-order valence-corrected chi connectivity index (χ0v) is 20.8. The molecule has 6 rings (SSSR count). The number of rotatable bonds is 7. The number of nitrogens with two attached hydrogens (primary N) is 1. The molecular weight excluding hydrogens is 472 g/mol. The third-order valence-corrected chi connectivity index (χ3v) is 6.54. The molecule has 1 atom stereocenters. The Morgan fingerprint density at radius 2 is 1.37 bits per heavy atom. The molecule has 4 aromatic carbocycles. The van der Waals surface area contributed by atoms with Crippen molar-refractivity contribution in [1.82, 2.24) is 15.3 Å². The van der Waals surface area contributed by atoms with E-state index in [4.69, 9.17) is 15.5 Å². The zero-order chi connectivity index (χ0) is 25.8. The monoisotopic (exact) mass is 500 g/mol. The SMILES string of the molecule is NC1(Cc2ccccc2)c2nc[nH]c2N=C(NCc2ccccc2)N1c1ccc(Oc2ccccc2)cc1. The number of nitrogens with zero attached hydrogens (tertiary/aromatic N) is 3. The number of guanidine groups is 1. The van der Waals surface area contributed by atoms with Crippen molar-refractivity contribution in [2.75, 3.05) is 4.90 Å².